The number of hydrogen-bond acceptors (Lipinski definition) is 3. The van der Waals surface area contributed by atoms with Gasteiger partial charge < -0.3 is 10.6 Å². The summed E-state index contributed by atoms with van der Waals surface area (Å²) < 4.78 is 2.07. The lowest BCUT2D eigenvalue weighted by atomic mass is 10.1. The second-order valence-corrected chi connectivity index (χ2v) is 5.84. The molecule has 4 nitrogen and oxygen atoms in total. The summed E-state index contributed by atoms with van der Waals surface area (Å²) in [6.07, 6.45) is 4.30. The minimum Gasteiger partial charge on any atom is -0.370 e. The van der Waals surface area contributed by atoms with Crippen molar-refractivity contribution in [3.63, 3.8) is 0 Å². The number of anilines is 1. The predicted octanol–water partition coefficient (Wildman–Crippen LogP) is 2.20. The van der Waals surface area contributed by atoms with Crippen LogP contribution >= 0.6 is 0 Å². The molecule has 2 heterocycles. The molecule has 0 saturated carbocycles. The van der Waals surface area contributed by atoms with Gasteiger partial charge in [0.2, 0.25) is 0 Å². The highest BCUT2D eigenvalue weighted by Gasteiger charge is 2.24. The molecule has 0 bridgehead atoms. The monoisotopic (exact) mass is 268 g/mol. The molecule has 0 amide bonds. The average molecular weight is 268 g/mol. The number of nitrogens with zero attached hydrogens (tertiary/aromatic N) is 2. The lowest BCUT2D eigenvalue weighted by molar-refractivity contribution is 0.370. The quantitative estimate of drug-likeness (QED) is 0.897. The molecule has 2 aliphatic rings. The molecular weight excluding hydrogens is 248 g/mol. The molecule has 1 aliphatic carbocycles. The molecule has 0 radical (unpaired) electrons. The molecule has 20 heavy (non-hydrogen) atoms. The van der Waals surface area contributed by atoms with Crippen molar-refractivity contribution < 1.29 is 0 Å². The van der Waals surface area contributed by atoms with Crippen molar-refractivity contribution >= 4 is 5.82 Å². The first-order valence-electron chi connectivity index (χ1n) is 7.47. The largest absolute Gasteiger partial charge is 0.370 e. The minimum absolute atomic E-state index is 0.533. The fourth-order valence-corrected chi connectivity index (χ4v) is 3.40. The second-order valence-electron chi connectivity index (χ2n) is 5.84. The summed E-state index contributed by atoms with van der Waals surface area (Å²) >= 11 is 0. The van der Waals surface area contributed by atoms with Crippen LogP contribution in [0.2, 0.25) is 0 Å². The van der Waals surface area contributed by atoms with Crippen LogP contribution in [0.4, 0.5) is 5.82 Å². The average Bonchev–Trinajstić information content (AvgIpc) is 3.11. The molecule has 0 unspecified atom stereocenters. The lowest BCUT2D eigenvalue weighted by Gasteiger charge is -2.26. The molecular formula is C16H20N4. The van der Waals surface area contributed by atoms with Crippen LogP contribution in [-0.2, 0) is 13.0 Å². The van der Waals surface area contributed by atoms with E-state index in [0.29, 0.717) is 12.0 Å². The van der Waals surface area contributed by atoms with Gasteiger partial charge in [0.05, 0.1) is 6.20 Å². The van der Waals surface area contributed by atoms with Gasteiger partial charge in [-0.1, -0.05) is 24.3 Å². The summed E-state index contributed by atoms with van der Waals surface area (Å²) in [4.78, 5) is 0. The maximum Gasteiger partial charge on any atom is 0.124 e. The van der Waals surface area contributed by atoms with Crippen LogP contribution in [0.15, 0.2) is 36.5 Å². The molecule has 0 fully saturated rings. The summed E-state index contributed by atoms with van der Waals surface area (Å²) in [5, 5.41) is 11.5. The number of hydrogen-bond donors (Lipinski definition) is 2. The number of aromatic nitrogens is 2. The van der Waals surface area contributed by atoms with Gasteiger partial charge in [0.1, 0.15) is 5.82 Å². The molecule has 2 aromatic rings. The van der Waals surface area contributed by atoms with Crippen LogP contribution in [0.1, 0.15) is 23.6 Å². The van der Waals surface area contributed by atoms with Crippen LogP contribution in [-0.4, -0.2) is 22.9 Å². The van der Waals surface area contributed by atoms with E-state index in [-0.39, 0.29) is 0 Å². The Bertz CT molecular complexity index is 604. The maximum atomic E-state index is 4.35. The topological polar surface area (TPSA) is 41.9 Å². The van der Waals surface area contributed by atoms with Crippen molar-refractivity contribution in [3.8, 4) is 0 Å². The first kappa shape index (κ1) is 12.0. The van der Waals surface area contributed by atoms with E-state index >= 15 is 0 Å². The number of aryl methyl sites for hydroxylation is 1. The van der Waals surface area contributed by atoms with E-state index in [9.17, 15) is 0 Å². The van der Waals surface area contributed by atoms with E-state index in [2.05, 4.69) is 44.7 Å². The molecule has 1 aromatic carbocycles. The molecule has 104 valence electrons. The zero-order chi connectivity index (χ0) is 13.4. The highest BCUT2D eigenvalue weighted by Crippen LogP contribution is 2.30. The van der Waals surface area contributed by atoms with E-state index in [1.807, 2.05) is 12.3 Å². The summed E-state index contributed by atoms with van der Waals surface area (Å²) in [5.41, 5.74) is 3.01. The Hall–Kier alpha value is -1.81. The van der Waals surface area contributed by atoms with Gasteiger partial charge >= 0.3 is 0 Å². The zero-order valence-electron chi connectivity index (χ0n) is 11.5. The van der Waals surface area contributed by atoms with Crippen molar-refractivity contribution in [3.05, 3.63) is 47.7 Å². The fourth-order valence-electron chi connectivity index (χ4n) is 3.40. The van der Waals surface area contributed by atoms with Crippen molar-refractivity contribution in [2.75, 3.05) is 18.4 Å². The summed E-state index contributed by atoms with van der Waals surface area (Å²) in [5.74, 6) is 1.75. The fraction of sp³-hybridized carbons (Fsp3) is 0.438. The van der Waals surface area contributed by atoms with E-state index < -0.39 is 0 Å². The van der Waals surface area contributed by atoms with Gasteiger partial charge in [-0.25, -0.2) is 4.68 Å². The highest BCUT2D eigenvalue weighted by atomic mass is 15.3. The van der Waals surface area contributed by atoms with Crippen molar-refractivity contribution in [1.29, 1.82) is 0 Å². The van der Waals surface area contributed by atoms with Crippen molar-refractivity contribution in [2.45, 2.75) is 25.4 Å². The van der Waals surface area contributed by atoms with Crippen molar-refractivity contribution in [1.82, 2.24) is 15.1 Å². The van der Waals surface area contributed by atoms with Crippen molar-refractivity contribution in [2.24, 2.45) is 5.92 Å². The Labute approximate surface area is 119 Å². The second kappa shape index (κ2) is 4.94. The summed E-state index contributed by atoms with van der Waals surface area (Å²) in [6, 6.07) is 11.4. The number of fused-ring (bicyclic) bond motifs is 2. The van der Waals surface area contributed by atoms with Gasteiger partial charge in [0, 0.05) is 37.7 Å². The Balaban J connectivity index is 1.38. The molecule has 2 N–H and O–H groups in total. The van der Waals surface area contributed by atoms with Gasteiger partial charge in [0.25, 0.3) is 0 Å². The van der Waals surface area contributed by atoms with Crippen LogP contribution in [0.3, 0.4) is 0 Å². The maximum absolute atomic E-state index is 4.35. The van der Waals surface area contributed by atoms with Gasteiger partial charge in [-0.15, -0.1) is 0 Å². The van der Waals surface area contributed by atoms with Gasteiger partial charge in [-0.3, -0.25) is 0 Å². The first-order chi connectivity index (χ1) is 9.90. The third-order valence-electron chi connectivity index (χ3n) is 4.51. The van der Waals surface area contributed by atoms with Crippen LogP contribution in [0.5, 0.6) is 0 Å². The number of benzene rings is 1. The Morgan fingerprint density at radius 3 is 3.25 bits per heavy atom. The molecule has 0 saturated heterocycles. The minimum atomic E-state index is 0.533. The molecule has 4 rings (SSSR count). The Kier molecular flexibility index (Phi) is 2.96. The molecule has 1 aromatic heterocycles. The normalized spacial score (nSPS) is 24.0. The Morgan fingerprint density at radius 1 is 1.30 bits per heavy atom. The Morgan fingerprint density at radius 2 is 2.25 bits per heavy atom. The summed E-state index contributed by atoms with van der Waals surface area (Å²) in [7, 11) is 0. The molecule has 0 spiro atoms. The lowest BCUT2D eigenvalue weighted by Crippen LogP contribution is -2.36. The highest BCUT2D eigenvalue weighted by molar-refractivity contribution is 5.36. The molecule has 1 aliphatic heterocycles. The van der Waals surface area contributed by atoms with E-state index in [1.165, 1.54) is 24.0 Å². The summed E-state index contributed by atoms with van der Waals surface area (Å²) in [6.45, 7) is 3.09. The smallest absolute Gasteiger partial charge is 0.124 e. The van der Waals surface area contributed by atoms with E-state index in [0.717, 1.165) is 25.5 Å². The third-order valence-corrected chi connectivity index (χ3v) is 4.51. The molecule has 4 heteroatoms. The predicted molar refractivity (Wildman–Crippen MR) is 79.7 cm³/mol. The van der Waals surface area contributed by atoms with Gasteiger partial charge in [-0.05, 0) is 24.0 Å². The number of rotatable bonds is 3. The third kappa shape index (κ3) is 2.10. The molecule has 2 atom stereocenters. The van der Waals surface area contributed by atoms with Gasteiger partial charge in [0.15, 0.2) is 0 Å². The standard InChI is InChI=1S/C16H20N4/c1-2-4-14-13(3-1)5-6-15(14)17-9-12-10-18-16-7-8-19-20(16)11-12/h1-4,7-8,12,15,17-18H,5-6,9-11H2/t12-,15-/m1/s1. The van der Waals surface area contributed by atoms with E-state index in [1.54, 1.807) is 0 Å². The van der Waals surface area contributed by atoms with Crippen LogP contribution < -0.4 is 10.6 Å². The van der Waals surface area contributed by atoms with Gasteiger partial charge in [-0.2, -0.15) is 5.10 Å². The SMILES string of the molecule is c1ccc2c(c1)CC[C@H]2NC[C@@H]1CNc2ccnn2C1. The first-order valence-corrected chi connectivity index (χ1v) is 7.47. The van der Waals surface area contributed by atoms with Crippen LogP contribution in [0.25, 0.3) is 0 Å². The van der Waals surface area contributed by atoms with Crippen LogP contribution in [0, 0.1) is 5.92 Å². The number of nitrogens with one attached hydrogen (secondary N) is 2. The zero-order valence-corrected chi connectivity index (χ0v) is 11.5. The van der Waals surface area contributed by atoms with E-state index in [4.69, 9.17) is 0 Å².